The monoisotopic (exact) mass is 349 g/mol. The number of hydrogen-bond donors (Lipinski definition) is 2. The molecular formula is C16H19N3O4S. The van der Waals surface area contributed by atoms with Crippen LogP contribution in [0.1, 0.15) is 25.1 Å². The Morgan fingerprint density at radius 1 is 1.42 bits per heavy atom. The van der Waals surface area contributed by atoms with E-state index in [9.17, 15) is 9.90 Å². The van der Waals surface area contributed by atoms with Crippen molar-refractivity contribution in [1.29, 1.82) is 0 Å². The molecule has 0 saturated carbocycles. The number of nitrogens with zero attached hydrogens (tertiary/aromatic N) is 2. The molecule has 8 heteroatoms. The van der Waals surface area contributed by atoms with Crippen LogP contribution in [0.2, 0.25) is 0 Å². The summed E-state index contributed by atoms with van der Waals surface area (Å²) in [6.45, 7) is 4.54. The number of carbonyl (C=O) groups is 1. The van der Waals surface area contributed by atoms with Gasteiger partial charge in [-0.1, -0.05) is 0 Å². The van der Waals surface area contributed by atoms with Crippen LogP contribution in [0.5, 0.6) is 11.5 Å². The van der Waals surface area contributed by atoms with Gasteiger partial charge in [-0.2, -0.15) is 5.10 Å². The third-order valence-corrected chi connectivity index (χ3v) is 3.65. The molecule has 1 heterocycles. The normalized spacial score (nSPS) is 10.8. The first-order valence-electron chi connectivity index (χ1n) is 7.47. The zero-order valence-corrected chi connectivity index (χ0v) is 14.3. The van der Waals surface area contributed by atoms with Crippen LogP contribution in [-0.2, 0) is 16.0 Å². The molecule has 0 amide bonds. The molecular weight excluding hydrogens is 330 g/mol. The van der Waals surface area contributed by atoms with Crippen LogP contribution in [0.15, 0.2) is 28.7 Å². The van der Waals surface area contributed by atoms with Crippen molar-refractivity contribution in [3.05, 3.63) is 34.8 Å². The maximum absolute atomic E-state index is 11.4. The fourth-order valence-corrected chi connectivity index (χ4v) is 2.51. The highest BCUT2D eigenvalue weighted by atomic mass is 32.1. The quantitative estimate of drug-likeness (QED) is 0.432. The highest BCUT2D eigenvalue weighted by molar-refractivity contribution is 7.13. The minimum absolute atomic E-state index is 0.103. The fourth-order valence-electron chi connectivity index (χ4n) is 1.85. The highest BCUT2D eigenvalue weighted by Crippen LogP contribution is 2.22. The van der Waals surface area contributed by atoms with Crippen LogP contribution in [0.3, 0.4) is 0 Å². The second-order valence-corrected chi connectivity index (χ2v) is 5.51. The van der Waals surface area contributed by atoms with Crippen LogP contribution < -0.4 is 10.2 Å². The molecule has 0 atom stereocenters. The summed E-state index contributed by atoms with van der Waals surface area (Å²) in [4.78, 5) is 15.6. The Morgan fingerprint density at radius 2 is 2.25 bits per heavy atom. The van der Waals surface area contributed by atoms with Crippen molar-refractivity contribution in [2.75, 3.05) is 18.6 Å². The Kier molecular flexibility index (Phi) is 6.56. The molecule has 0 saturated heterocycles. The first-order valence-corrected chi connectivity index (χ1v) is 8.35. The molecule has 2 aromatic rings. The van der Waals surface area contributed by atoms with Gasteiger partial charge in [0.2, 0.25) is 5.13 Å². The van der Waals surface area contributed by atoms with E-state index in [0.717, 1.165) is 0 Å². The number of aromatic hydroxyl groups is 1. The number of esters is 1. The predicted octanol–water partition coefficient (Wildman–Crippen LogP) is 2.80. The number of nitrogens with one attached hydrogen (secondary N) is 1. The topological polar surface area (TPSA) is 93.0 Å². The number of hydrogen-bond acceptors (Lipinski definition) is 8. The molecule has 128 valence electrons. The van der Waals surface area contributed by atoms with Crippen molar-refractivity contribution in [3.63, 3.8) is 0 Å². The average molecular weight is 349 g/mol. The van der Waals surface area contributed by atoms with Gasteiger partial charge in [-0.3, -0.25) is 10.2 Å². The average Bonchev–Trinajstić information content (AvgIpc) is 2.98. The summed E-state index contributed by atoms with van der Waals surface area (Å²) in [5.41, 5.74) is 3.92. The molecule has 1 aromatic heterocycles. The first kappa shape index (κ1) is 17.7. The number of ether oxygens (including phenoxy) is 2. The Labute approximate surface area is 144 Å². The van der Waals surface area contributed by atoms with Gasteiger partial charge in [0, 0.05) is 10.9 Å². The number of rotatable bonds is 8. The molecule has 0 aliphatic heterocycles. The molecule has 0 fully saturated rings. The lowest BCUT2D eigenvalue weighted by atomic mass is 10.2. The van der Waals surface area contributed by atoms with E-state index >= 15 is 0 Å². The Bertz CT molecular complexity index is 715. The van der Waals surface area contributed by atoms with E-state index in [0.29, 0.717) is 35.4 Å². The Morgan fingerprint density at radius 3 is 3.00 bits per heavy atom. The van der Waals surface area contributed by atoms with Crippen molar-refractivity contribution in [2.24, 2.45) is 5.10 Å². The van der Waals surface area contributed by atoms with Gasteiger partial charge in [0.25, 0.3) is 0 Å². The van der Waals surface area contributed by atoms with Gasteiger partial charge in [0.05, 0.1) is 31.5 Å². The van der Waals surface area contributed by atoms with Crippen LogP contribution in [0.4, 0.5) is 5.13 Å². The third kappa shape index (κ3) is 5.24. The SMILES string of the molecule is CCOC(=O)Cc1csc(NN=Cc2cc(OCC)ccc2O)n1. The van der Waals surface area contributed by atoms with Crippen molar-refractivity contribution in [1.82, 2.24) is 4.98 Å². The second-order valence-electron chi connectivity index (χ2n) is 4.65. The van der Waals surface area contributed by atoms with Gasteiger partial charge in [-0.15, -0.1) is 11.3 Å². The summed E-state index contributed by atoms with van der Waals surface area (Å²) in [6.07, 6.45) is 1.61. The van der Waals surface area contributed by atoms with E-state index in [1.165, 1.54) is 17.6 Å². The van der Waals surface area contributed by atoms with E-state index in [2.05, 4.69) is 15.5 Å². The molecule has 0 aliphatic rings. The van der Waals surface area contributed by atoms with Gasteiger partial charge in [0.1, 0.15) is 11.5 Å². The van der Waals surface area contributed by atoms with Crippen LogP contribution >= 0.6 is 11.3 Å². The predicted molar refractivity (Wildman–Crippen MR) is 92.9 cm³/mol. The number of hydrazone groups is 1. The number of anilines is 1. The molecule has 2 N–H and O–H groups in total. The molecule has 0 radical (unpaired) electrons. The molecule has 7 nitrogen and oxygen atoms in total. The van der Waals surface area contributed by atoms with E-state index in [-0.39, 0.29) is 18.1 Å². The lowest BCUT2D eigenvalue weighted by molar-refractivity contribution is -0.142. The minimum atomic E-state index is -0.310. The summed E-state index contributed by atoms with van der Waals surface area (Å²) in [5, 5.41) is 16.2. The number of carbonyl (C=O) groups excluding carboxylic acids is 1. The summed E-state index contributed by atoms with van der Waals surface area (Å²) in [5.74, 6) is 0.448. The largest absolute Gasteiger partial charge is 0.507 e. The van der Waals surface area contributed by atoms with Crippen molar-refractivity contribution in [3.8, 4) is 11.5 Å². The Hall–Kier alpha value is -2.61. The van der Waals surface area contributed by atoms with Gasteiger partial charge in [0.15, 0.2) is 0 Å². The molecule has 2 rings (SSSR count). The van der Waals surface area contributed by atoms with Crippen LogP contribution in [0, 0.1) is 0 Å². The fraction of sp³-hybridized carbons (Fsp3) is 0.312. The van der Waals surface area contributed by atoms with E-state index < -0.39 is 0 Å². The number of phenols is 1. The molecule has 0 aliphatic carbocycles. The minimum Gasteiger partial charge on any atom is -0.507 e. The summed E-state index contributed by atoms with van der Waals surface area (Å²) < 4.78 is 10.3. The molecule has 0 unspecified atom stereocenters. The lowest BCUT2D eigenvalue weighted by Crippen LogP contribution is -2.07. The van der Waals surface area contributed by atoms with E-state index in [1.54, 1.807) is 30.5 Å². The van der Waals surface area contributed by atoms with Crippen molar-refractivity contribution < 1.29 is 19.4 Å². The molecule has 24 heavy (non-hydrogen) atoms. The highest BCUT2D eigenvalue weighted by Gasteiger charge is 2.08. The van der Waals surface area contributed by atoms with E-state index in [4.69, 9.17) is 9.47 Å². The van der Waals surface area contributed by atoms with Gasteiger partial charge in [-0.05, 0) is 32.0 Å². The van der Waals surface area contributed by atoms with Crippen LogP contribution in [-0.4, -0.2) is 35.5 Å². The van der Waals surface area contributed by atoms with Crippen molar-refractivity contribution >= 4 is 28.7 Å². The number of phenolic OH excluding ortho intramolecular Hbond substituents is 1. The van der Waals surface area contributed by atoms with Gasteiger partial charge < -0.3 is 14.6 Å². The standard InChI is InChI=1S/C16H19N3O4S/c1-3-22-13-5-6-14(20)11(7-13)9-17-19-16-18-12(10-24-16)8-15(21)23-4-2/h5-7,9-10,20H,3-4,8H2,1-2H3,(H,18,19). The van der Waals surface area contributed by atoms with Gasteiger partial charge in [-0.25, -0.2) is 4.98 Å². The maximum atomic E-state index is 11.4. The van der Waals surface area contributed by atoms with E-state index in [1.807, 2.05) is 6.92 Å². The lowest BCUT2D eigenvalue weighted by Gasteiger charge is -2.05. The Balaban J connectivity index is 1.96. The number of aromatic nitrogens is 1. The number of thiazole rings is 1. The third-order valence-electron chi connectivity index (χ3n) is 2.86. The summed E-state index contributed by atoms with van der Waals surface area (Å²) >= 11 is 1.33. The van der Waals surface area contributed by atoms with Gasteiger partial charge >= 0.3 is 5.97 Å². The van der Waals surface area contributed by atoms with Crippen LogP contribution in [0.25, 0.3) is 0 Å². The second kappa shape index (κ2) is 8.88. The zero-order valence-electron chi connectivity index (χ0n) is 13.5. The van der Waals surface area contributed by atoms with Crippen molar-refractivity contribution in [2.45, 2.75) is 20.3 Å². The summed E-state index contributed by atoms with van der Waals surface area (Å²) in [6, 6.07) is 4.93. The molecule has 0 bridgehead atoms. The molecule has 1 aromatic carbocycles. The zero-order chi connectivity index (χ0) is 17.4. The maximum Gasteiger partial charge on any atom is 0.311 e. The molecule has 0 spiro atoms. The summed E-state index contributed by atoms with van der Waals surface area (Å²) in [7, 11) is 0. The number of benzene rings is 1. The first-order chi connectivity index (χ1) is 11.6. The smallest absolute Gasteiger partial charge is 0.311 e.